The van der Waals surface area contributed by atoms with Gasteiger partial charge in [-0.1, -0.05) is 18.2 Å². The Balaban J connectivity index is 1.24. The van der Waals surface area contributed by atoms with Crippen LogP contribution in [0.15, 0.2) is 30.5 Å². The molecule has 32 heavy (non-hydrogen) atoms. The molecule has 0 spiro atoms. The van der Waals surface area contributed by atoms with E-state index in [-0.39, 0.29) is 11.8 Å². The van der Waals surface area contributed by atoms with Gasteiger partial charge >= 0.3 is 0 Å². The number of amides is 2. The quantitative estimate of drug-likeness (QED) is 0.668. The molecular weight excluding hydrogens is 406 g/mol. The molecule has 2 aliphatic rings. The summed E-state index contributed by atoms with van der Waals surface area (Å²) in [4.78, 5) is 31.6. The number of nitrogens with zero attached hydrogens (tertiary/aromatic N) is 4. The third kappa shape index (κ3) is 5.49. The van der Waals surface area contributed by atoms with Gasteiger partial charge in [-0.05, 0) is 26.0 Å². The molecule has 1 N–H and O–H groups in total. The fourth-order valence-corrected chi connectivity index (χ4v) is 4.61. The van der Waals surface area contributed by atoms with E-state index in [1.807, 2.05) is 36.2 Å². The number of nitrogens with one attached hydrogen (secondary N) is 1. The fraction of sp³-hybridized carbons (Fsp3) is 0.583. The second kappa shape index (κ2) is 10.9. The van der Waals surface area contributed by atoms with E-state index in [9.17, 15) is 9.59 Å². The van der Waals surface area contributed by atoms with E-state index in [2.05, 4.69) is 25.8 Å². The van der Waals surface area contributed by atoms with Gasteiger partial charge in [0.2, 0.25) is 5.91 Å². The molecule has 0 unspecified atom stereocenters. The minimum absolute atomic E-state index is 0.00908. The van der Waals surface area contributed by atoms with Crippen molar-refractivity contribution in [1.29, 1.82) is 0 Å². The Hall–Kier alpha value is -2.42. The molecule has 2 saturated heterocycles. The van der Waals surface area contributed by atoms with Gasteiger partial charge in [-0.3, -0.25) is 14.5 Å². The van der Waals surface area contributed by atoms with Crippen molar-refractivity contribution in [1.82, 2.24) is 24.6 Å². The molecule has 0 bridgehead atoms. The summed E-state index contributed by atoms with van der Waals surface area (Å²) in [7, 11) is 0. The molecule has 1 aromatic heterocycles. The first-order valence-corrected chi connectivity index (χ1v) is 11.8. The highest BCUT2D eigenvalue weighted by molar-refractivity contribution is 6.06. The van der Waals surface area contributed by atoms with Gasteiger partial charge < -0.3 is 24.4 Å². The number of carbonyl (C=O) groups is 2. The van der Waals surface area contributed by atoms with Gasteiger partial charge in [0.1, 0.15) is 0 Å². The third-order valence-corrected chi connectivity index (χ3v) is 6.43. The average molecular weight is 442 g/mol. The third-order valence-electron chi connectivity index (χ3n) is 6.43. The summed E-state index contributed by atoms with van der Waals surface area (Å²) in [5.74, 6) is 0.217. The number of fused-ring (bicyclic) bond motifs is 1. The summed E-state index contributed by atoms with van der Waals surface area (Å²) < 4.78 is 7.54. The van der Waals surface area contributed by atoms with Crippen LogP contribution in [0, 0.1) is 0 Å². The van der Waals surface area contributed by atoms with Crippen LogP contribution in [0.1, 0.15) is 23.7 Å². The Morgan fingerprint density at radius 1 is 0.969 bits per heavy atom. The Labute approximate surface area is 190 Å². The number of benzene rings is 1. The molecule has 3 heterocycles. The Kier molecular flexibility index (Phi) is 7.78. The lowest BCUT2D eigenvalue weighted by Crippen LogP contribution is -2.51. The van der Waals surface area contributed by atoms with Crippen molar-refractivity contribution in [3.63, 3.8) is 0 Å². The zero-order valence-electron chi connectivity index (χ0n) is 19.1. The standard InChI is InChI=1S/C24H35N5O3/c1-2-25-24(31)21-18-29(22-7-4-3-6-20(21)22)9-5-8-26-10-12-27(13-11-26)19-23(30)28-14-16-32-17-15-28/h3-4,6-7,18H,2,5,8-17,19H2,1H3,(H,25,31). The molecule has 0 aliphatic carbocycles. The van der Waals surface area contributed by atoms with Crippen LogP contribution in [0.25, 0.3) is 10.9 Å². The second-order valence-electron chi connectivity index (χ2n) is 8.58. The maximum absolute atomic E-state index is 12.5. The molecule has 2 fully saturated rings. The lowest BCUT2D eigenvalue weighted by molar-refractivity contribution is -0.136. The zero-order chi connectivity index (χ0) is 22.3. The van der Waals surface area contributed by atoms with Crippen LogP contribution in [-0.2, 0) is 16.1 Å². The van der Waals surface area contributed by atoms with Crippen LogP contribution in [0.4, 0.5) is 0 Å². The number of piperazine rings is 1. The van der Waals surface area contributed by atoms with E-state index in [4.69, 9.17) is 4.74 Å². The van der Waals surface area contributed by atoms with Gasteiger partial charge in [-0.2, -0.15) is 0 Å². The first-order valence-electron chi connectivity index (χ1n) is 11.8. The second-order valence-corrected chi connectivity index (χ2v) is 8.58. The number of aromatic nitrogens is 1. The highest BCUT2D eigenvalue weighted by Crippen LogP contribution is 2.22. The number of hydrogen-bond acceptors (Lipinski definition) is 5. The van der Waals surface area contributed by atoms with E-state index in [0.717, 1.165) is 62.2 Å². The van der Waals surface area contributed by atoms with Crippen molar-refractivity contribution in [2.75, 3.05) is 72.1 Å². The summed E-state index contributed by atoms with van der Waals surface area (Å²) in [5.41, 5.74) is 1.86. The van der Waals surface area contributed by atoms with Crippen molar-refractivity contribution >= 4 is 22.7 Å². The predicted molar refractivity (Wildman–Crippen MR) is 125 cm³/mol. The summed E-state index contributed by atoms with van der Waals surface area (Å²) in [6.07, 6.45) is 3.02. The van der Waals surface area contributed by atoms with Gasteiger partial charge in [0, 0.05) is 69.5 Å². The zero-order valence-corrected chi connectivity index (χ0v) is 19.1. The number of hydrogen-bond donors (Lipinski definition) is 1. The van der Waals surface area contributed by atoms with Gasteiger partial charge in [0.05, 0.1) is 25.3 Å². The summed E-state index contributed by atoms with van der Waals surface area (Å²) in [6.45, 7) is 11.6. The highest BCUT2D eigenvalue weighted by Gasteiger charge is 2.23. The molecule has 0 saturated carbocycles. The number of morpholine rings is 1. The van der Waals surface area contributed by atoms with Crippen molar-refractivity contribution in [3.8, 4) is 0 Å². The van der Waals surface area contributed by atoms with Crippen molar-refractivity contribution in [2.45, 2.75) is 19.9 Å². The number of ether oxygens (including phenoxy) is 1. The minimum Gasteiger partial charge on any atom is -0.378 e. The number of aryl methyl sites for hydroxylation is 1. The molecule has 1 aromatic carbocycles. The highest BCUT2D eigenvalue weighted by atomic mass is 16.5. The SMILES string of the molecule is CCNC(=O)c1cn(CCCN2CCN(CC(=O)N3CCOCC3)CC2)c2ccccc12. The molecule has 8 nitrogen and oxygen atoms in total. The topological polar surface area (TPSA) is 70.1 Å². The molecule has 0 radical (unpaired) electrons. The smallest absolute Gasteiger partial charge is 0.253 e. The van der Waals surface area contributed by atoms with Crippen molar-refractivity contribution < 1.29 is 14.3 Å². The molecule has 2 amide bonds. The van der Waals surface area contributed by atoms with Gasteiger partial charge in [0.25, 0.3) is 5.91 Å². The van der Waals surface area contributed by atoms with E-state index >= 15 is 0 Å². The maximum atomic E-state index is 12.5. The largest absolute Gasteiger partial charge is 0.378 e. The Morgan fingerprint density at radius 3 is 2.44 bits per heavy atom. The van der Waals surface area contributed by atoms with Crippen LogP contribution in [0.5, 0.6) is 0 Å². The number of rotatable bonds is 8. The van der Waals surface area contributed by atoms with E-state index in [0.29, 0.717) is 39.4 Å². The van der Waals surface area contributed by atoms with Crippen molar-refractivity contribution in [2.24, 2.45) is 0 Å². The first kappa shape index (κ1) is 22.8. The molecule has 0 atom stereocenters. The van der Waals surface area contributed by atoms with Crippen LogP contribution in [0.2, 0.25) is 0 Å². The minimum atomic E-state index is -0.00908. The van der Waals surface area contributed by atoms with Crippen molar-refractivity contribution in [3.05, 3.63) is 36.0 Å². The molecule has 4 rings (SSSR count). The van der Waals surface area contributed by atoms with Gasteiger partial charge in [-0.25, -0.2) is 0 Å². The predicted octanol–water partition coefficient (Wildman–Crippen LogP) is 1.26. The van der Waals surface area contributed by atoms with E-state index in [1.54, 1.807) is 0 Å². The number of para-hydroxylation sites is 1. The lowest BCUT2D eigenvalue weighted by atomic mass is 10.1. The molecule has 174 valence electrons. The lowest BCUT2D eigenvalue weighted by Gasteiger charge is -2.36. The van der Waals surface area contributed by atoms with E-state index < -0.39 is 0 Å². The Morgan fingerprint density at radius 2 is 1.69 bits per heavy atom. The summed E-state index contributed by atoms with van der Waals surface area (Å²) >= 11 is 0. The summed E-state index contributed by atoms with van der Waals surface area (Å²) in [6, 6.07) is 8.12. The fourth-order valence-electron chi connectivity index (χ4n) is 4.61. The molecular formula is C24H35N5O3. The van der Waals surface area contributed by atoms with Crippen LogP contribution >= 0.6 is 0 Å². The molecule has 2 aromatic rings. The summed E-state index contributed by atoms with van der Waals surface area (Å²) in [5, 5.41) is 3.93. The van der Waals surface area contributed by atoms with Gasteiger partial charge in [-0.15, -0.1) is 0 Å². The maximum Gasteiger partial charge on any atom is 0.253 e. The number of carbonyl (C=O) groups excluding carboxylic acids is 2. The normalized spacial score (nSPS) is 18.2. The van der Waals surface area contributed by atoms with Gasteiger partial charge in [0.15, 0.2) is 0 Å². The Bertz CT molecular complexity index is 913. The van der Waals surface area contributed by atoms with Crippen LogP contribution in [0.3, 0.4) is 0 Å². The van der Waals surface area contributed by atoms with Crippen LogP contribution < -0.4 is 5.32 Å². The molecule has 2 aliphatic heterocycles. The first-order chi connectivity index (χ1) is 15.7. The average Bonchev–Trinajstić information content (AvgIpc) is 3.20. The monoisotopic (exact) mass is 441 g/mol. The molecule has 8 heteroatoms. The van der Waals surface area contributed by atoms with Crippen LogP contribution in [-0.4, -0.2) is 103 Å². The van der Waals surface area contributed by atoms with E-state index in [1.165, 1.54) is 0 Å².